The van der Waals surface area contributed by atoms with Crippen molar-refractivity contribution < 1.29 is 14.5 Å². The van der Waals surface area contributed by atoms with Crippen LogP contribution in [0.1, 0.15) is 29.5 Å². The van der Waals surface area contributed by atoms with E-state index in [0.717, 1.165) is 28.4 Å². The van der Waals surface area contributed by atoms with Crippen LogP contribution in [-0.2, 0) is 4.79 Å². The zero-order valence-electron chi connectivity index (χ0n) is 18.0. The SMILES string of the molecule is COc1ccc(C2C=C3Nc4ccccc4NC(c4ccccc4[N+](=O)[O-])C3C(=O)C2)cc1. The summed E-state index contributed by atoms with van der Waals surface area (Å²) in [5, 5.41) is 18.7. The highest BCUT2D eigenvalue weighted by molar-refractivity contribution is 5.90. The standard InChI is InChI=1S/C26H23N3O4/c1-33-18-12-10-16(11-13-18)17-14-22-25(24(30)15-17)26(19-6-2-5-9-23(19)29(31)32)28-21-8-4-3-7-20(21)27-22/h2-14,17,25-28H,15H2,1H3. The van der Waals surface area contributed by atoms with Crippen molar-refractivity contribution in [3.8, 4) is 5.75 Å². The molecule has 2 aliphatic rings. The summed E-state index contributed by atoms with van der Waals surface area (Å²) < 4.78 is 5.25. The van der Waals surface area contributed by atoms with E-state index in [1.54, 1.807) is 25.3 Å². The van der Waals surface area contributed by atoms with E-state index in [9.17, 15) is 14.9 Å². The fraction of sp³-hybridized carbons (Fsp3) is 0.192. The topological polar surface area (TPSA) is 93.5 Å². The normalized spacial score (nSPS) is 21.4. The van der Waals surface area contributed by atoms with Crippen molar-refractivity contribution in [1.29, 1.82) is 0 Å². The molecule has 0 spiro atoms. The number of ketones is 1. The predicted molar refractivity (Wildman–Crippen MR) is 126 cm³/mol. The Morgan fingerprint density at radius 1 is 0.970 bits per heavy atom. The molecule has 3 aromatic carbocycles. The minimum absolute atomic E-state index is 0.00110. The molecule has 166 valence electrons. The van der Waals surface area contributed by atoms with Gasteiger partial charge in [-0.05, 0) is 29.8 Å². The van der Waals surface area contributed by atoms with Crippen molar-refractivity contribution in [3.05, 3.63) is 106 Å². The Hall–Kier alpha value is -4.13. The summed E-state index contributed by atoms with van der Waals surface area (Å²) in [5.41, 5.74) is 3.90. The van der Waals surface area contributed by atoms with Gasteiger partial charge in [-0.1, -0.05) is 48.5 Å². The zero-order chi connectivity index (χ0) is 22.9. The minimum Gasteiger partial charge on any atom is -0.497 e. The number of anilines is 2. The smallest absolute Gasteiger partial charge is 0.274 e. The van der Waals surface area contributed by atoms with E-state index in [-0.39, 0.29) is 17.4 Å². The van der Waals surface area contributed by atoms with Gasteiger partial charge in [-0.3, -0.25) is 14.9 Å². The molecule has 0 saturated carbocycles. The van der Waals surface area contributed by atoms with Crippen molar-refractivity contribution in [2.75, 3.05) is 17.7 Å². The molecule has 3 atom stereocenters. The van der Waals surface area contributed by atoms with E-state index < -0.39 is 16.9 Å². The number of ether oxygens (including phenoxy) is 1. The van der Waals surface area contributed by atoms with Crippen LogP contribution in [0, 0.1) is 16.0 Å². The molecule has 1 aliphatic heterocycles. The second-order valence-electron chi connectivity index (χ2n) is 8.26. The number of methoxy groups -OCH3 is 1. The molecule has 0 bridgehead atoms. The molecule has 0 fully saturated rings. The summed E-state index contributed by atoms with van der Waals surface area (Å²) >= 11 is 0. The maximum Gasteiger partial charge on any atom is 0.274 e. The summed E-state index contributed by atoms with van der Waals surface area (Å²) in [6.45, 7) is 0. The molecule has 33 heavy (non-hydrogen) atoms. The van der Waals surface area contributed by atoms with Gasteiger partial charge in [0.1, 0.15) is 11.5 Å². The highest BCUT2D eigenvalue weighted by Gasteiger charge is 2.41. The largest absolute Gasteiger partial charge is 0.497 e. The van der Waals surface area contributed by atoms with E-state index in [2.05, 4.69) is 16.7 Å². The van der Waals surface area contributed by atoms with Crippen LogP contribution in [-0.4, -0.2) is 17.8 Å². The van der Waals surface area contributed by atoms with Gasteiger partial charge in [-0.25, -0.2) is 0 Å². The zero-order valence-corrected chi connectivity index (χ0v) is 18.0. The number of nitrogens with one attached hydrogen (secondary N) is 2. The number of hydrogen-bond donors (Lipinski definition) is 2. The second-order valence-corrected chi connectivity index (χ2v) is 8.26. The summed E-state index contributed by atoms with van der Waals surface area (Å²) in [5.74, 6) is 0.115. The Bertz CT molecular complexity index is 1250. The molecule has 0 aromatic heterocycles. The van der Waals surface area contributed by atoms with Gasteiger partial charge in [0.05, 0.1) is 40.9 Å². The number of nitro benzene ring substituents is 1. The van der Waals surface area contributed by atoms with Crippen molar-refractivity contribution in [1.82, 2.24) is 0 Å². The molecule has 5 rings (SSSR count). The minimum atomic E-state index is -0.576. The fourth-order valence-electron chi connectivity index (χ4n) is 4.74. The fourth-order valence-corrected chi connectivity index (χ4v) is 4.74. The molecule has 0 amide bonds. The van der Waals surface area contributed by atoms with Gasteiger partial charge in [0.15, 0.2) is 0 Å². The number of rotatable bonds is 4. The molecular weight excluding hydrogens is 418 g/mol. The van der Waals surface area contributed by atoms with Crippen LogP contribution in [0.3, 0.4) is 0 Å². The third-order valence-electron chi connectivity index (χ3n) is 6.35. The average Bonchev–Trinajstić information content (AvgIpc) is 3.01. The monoisotopic (exact) mass is 441 g/mol. The van der Waals surface area contributed by atoms with Crippen LogP contribution in [0.5, 0.6) is 5.75 Å². The van der Waals surface area contributed by atoms with Gasteiger partial charge in [0.2, 0.25) is 0 Å². The van der Waals surface area contributed by atoms with E-state index >= 15 is 0 Å². The molecule has 0 radical (unpaired) electrons. The lowest BCUT2D eigenvalue weighted by Crippen LogP contribution is -2.34. The van der Waals surface area contributed by atoms with Gasteiger partial charge in [0, 0.05) is 24.1 Å². The van der Waals surface area contributed by atoms with Gasteiger partial charge in [0.25, 0.3) is 5.69 Å². The summed E-state index contributed by atoms with van der Waals surface area (Å²) in [6.07, 6.45) is 2.40. The molecule has 3 aromatic rings. The van der Waals surface area contributed by atoms with Gasteiger partial charge >= 0.3 is 0 Å². The molecule has 2 N–H and O–H groups in total. The van der Waals surface area contributed by atoms with Gasteiger partial charge < -0.3 is 15.4 Å². The number of carbonyl (C=O) groups excluding carboxylic acids is 1. The maximum absolute atomic E-state index is 13.6. The summed E-state index contributed by atoms with van der Waals surface area (Å²) in [4.78, 5) is 25.0. The van der Waals surface area contributed by atoms with Crippen molar-refractivity contribution >= 4 is 22.8 Å². The van der Waals surface area contributed by atoms with Crippen LogP contribution < -0.4 is 15.4 Å². The Morgan fingerprint density at radius 3 is 2.39 bits per heavy atom. The Balaban J connectivity index is 1.63. The number of para-hydroxylation sites is 3. The molecular formula is C26H23N3O4. The van der Waals surface area contributed by atoms with E-state index in [1.165, 1.54) is 6.07 Å². The number of nitro groups is 1. The summed E-state index contributed by atoms with van der Waals surface area (Å²) in [7, 11) is 1.62. The number of nitrogens with zero attached hydrogens (tertiary/aromatic N) is 1. The predicted octanol–water partition coefficient (Wildman–Crippen LogP) is 5.44. The molecule has 0 saturated heterocycles. The van der Waals surface area contributed by atoms with Crippen molar-refractivity contribution in [2.24, 2.45) is 5.92 Å². The maximum atomic E-state index is 13.6. The quantitative estimate of drug-likeness (QED) is 0.414. The van der Waals surface area contributed by atoms with Crippen LogP contribution in [0.2, 0.25) is 0 Å². The molecule has 7 heteroatoms. The first-order valence-electron chi connectivity index (χ1n) is 10.8. The average molecular weight is 441 g/mol. The molecule has 1 heterocycles. The van der Waals surface area contributed by atoms with E-state index in [4.69, 9.17) is 4.74 Å². The number of Topliss-reactive ketones (excluding diaryl/α,β-unsaturated/α-hetero) is 1. The highest BCUT2D eigenvalue weighted by Crippen LogP contribution is 2.46. The van der Waals surface area contributed by atoms with Crippen LogP contribution in [0.4, 0.5) is 17.1 Å². The van der Waals surface area contributed by atoms with Crippen LogP contribution in [0.25, 0.3) is 0 Å². The first kappa shape index (κ1) is 20.8. The number of hydrogen-bond acceptors (Lipinski definition) is 6. The third-order valence-corrected chi connectivity index (χ3v) is 6.35. The first-order valence-corrected chi connectivity index (χ1v) is 10.8. The molecule has 7 nitrogen and oxygen atoms in total. The molecule has 3 unspecified atom stereocenters. The number of allylic oxidation sites excluding steroid dienone is 1. The van der Waals surface area contributed by atoms with E-state index in [1.807, 2.05) is 48.5 Å². The van der Waals surface area contributed by atoms with E-state index in [0.29, 0.717) is 12.0 Å². The number of benzene rings is 3. The Kier molecular flexibility index (Phi) is 5.30. The van der Waals surface area contributed by atoms with Crippen LogP contribution in [0.15, 0.2) is 84.6 Å². The summed E-state index contributed by atoms with van der Waals surface area (Å²) in [6, 6.07) is 21.4. The number of fused-ring (bicyclic) bond motifs is 2. The highest BCUT2D eigenvalue weighted by atomic mass is 16.6. The van der Waals surface area contributed by atoms with Crippen LogP contribution >= 0.6 is 0 Å². The second kappa shape index (κ2) is 8.43. The first-order chi connectivity index (χ1) is 16.0. The third kappa shape index (κ3) is 3.82. The van der Waals surface area contributed by atoms with Crippen molar-refractivity contribution in [3.63, 3.8) is 0 Å². The Labute approximate surface area is 191 Å². The lowest BCUT2D eigenvalue weighted by Gasteiger charge is -2.32. The Morgan fingerprint density at radius 2 is 1.67 bits per heavy atom. The van der Waals surface area contributed by atoms with Crippen molar-refractivity contribution in [2.45, 2.75) is 18.4 Å². The molecule has 1 aliphatic carbocycles. The lowest BCUT2D eigenvalue weighted by atomic mass is 9.76. The van der Waals surface area contributed by atoms with Gasteiger partial charge in [-0.15, -0.1) is 0 Å². The van der Waals surface area contributed by atoms with Gasteiger partial charge in [-0.2, -0.15) is 0 Å². The number of carbonyl (C=O) groups is 1. The lowest BCUT2D eigenvalue weighted by molar-refractivity contribution is -0.385.